The third-order valence-corrected chi connectivity index (χ3v) is 2.96. The van der Waals surface area contributed by atoms with Gasteiger partial charge in [0.1, 0.15) is 0 Å². The Hall–Kier alpha value is -1.81. The van der Waals surface area contributed by atoms with Gasteiger partial charge in [-0.15, -0.1) is 0 Å². The quantitative estimate of drug-likeness (QED) is 0.873. The van der Waals surface area contributed by atoms with Crippen molar-refractivity contribution in [1.82, 2.24) is 19.7 Å². The maximum absolute atomic E-state index is 12.5. The first-order valence-corrected chi connectivity index (χ1v) is 6.57. The van der Waals surface area contributed by atoms with Gasteiger partial charge in [-0.25, -0.2) is 18.9 Å². The van der Waals surface area contributed by atoms with Gasteiger partial charge in [-0.1, -0.05) is 0 Å². The normalized spacial score (nSPS) is 13.4. The molecule has 0 amide bonds. The van der Waals surface area contributed by atoms with E-state index in [9.17, 15) is 17.4 Å². The van der Waals surface area contributed by atoms with Gasteiger partial charge in [-0.05, 0) is 12.5 Å². The molecule has 2 aromatic rings. The van der Waals surface area contributed by atoms with Gasteiger partial charge in [-0.3, -0.25) is 0 Å². The topological polar surface area (TPSA) is 80.9 Å². The lowest BCUT2D eigenvalue weighted by Crippen LogP contribution is -2.08. The Labute approximate surface area is 114 Å². The minimum absolute atomic E-state index is 0.0912. The van der Waals surface area contributed by atoms with Gasteiger partial charge in [0.05, 0.1) is 23.2 Å². The fraction of sp³-hybridized carbons (Fsp3) is 0.300. The number of aromatic nitrogens is 4. The summed E-state index contributed by atoms with van der Waals surface area (Å²) in [5.41, 5.74) is -0.0757. The van der Waals surface area contributed by atoms with Crippen LogP contribution in [-0.2, 0) is 23.0 Å². The summed E-state index contributed by atoms with van der Waals surface area (Å²) in [7, 11) is 0. The van der Waals surface area contributed by atoms with Crippen molar-refractivity contribution < 1.29 is 21.9 Å². The van der Waals surface area contributed by atoms with Crippen molar-refractivity contribution in [1.29, 1.82) is 0 Å². The predicted octanol–water partition coefficient (Wildman–Crippen LogP) is 1.71. The molecule has 0 aliphatic carbocycles. The second-order valence-electron chi connectivity index (χ2n) is 3.94. The molecule has 0 spiro atoms. The summed E-state index contributed by atoms with van der Waals surface area (Å²) in [4.78, 5) is 7.80. The molecular weight excluding hydrogens is 297 g/mol. The summed E-state index contributed by atoms with van der Waals surface area (Å²) in [5.74, 6) is -0.319. The molecule has 1 N–H and O–H groups in total. The molecule has 0 fully saturated rings. The first kappa shape index (κ1) is 14.6. The van der Waals surface area contributed by atoms with E-state index in [-0.39, 0.29) is 17.4 Å². The number of rotatable bonds is 3. The lowest BCUT2D eigenvalue weighted by Gasteiger charge is -2.05. The van der Waals surface area contributed by atoms with Crippen molar-refractivity contribution in [2.75, 3.05) is 0 Å². The van der Waals surface area contributed by atoms with Crippen molar-refractivity contribution in [3.05, 3.63) is 35.4 Å². The lowest BCUT2D eigenvalue weighted by atomic mass is 10.3. The Bertz CT molecular complexity index is 656. The molecule has 2 rings (SSSR count). The van der Waals surface area contributed by atoms with Gasteiger partial charge >= 0.3 is 6.18 Å². The number of halogens is 3. The molecule has 0 saturated heterocycles. The summed E-state index contributed by atoms with van der Waals surface area (Å²) in [6, 6.07) is 0. The van der Waals surface area contributed by atoms with Gasteiger partial charge in [-0.2, -0.15) is 18.3 Å². The van der Waals surface area contributed by atoms with Crippen molar-refractivity contribution in [3.63, 3.8) is 0 Å². The van der Waals surface area contributed by atoms with E-state index in [1.807, 2.05) is 0 Å². The van der Waals surface area contributed by atoms with Crippen LogP contribution >= 0.6 is 0 Å². The molecule has 108 valence electrons. The van der Waals surface area contributed by atoms with E-state index in [0.717, 1.165) is 10.9 Å². The lowest BCUT2D eigenvalue weighted by molar-refractivity contribution is -0.137. The standard InChI is InChI=1S/C10H9F3N4O2S/c1-6-2-14-9(16-8(6)5-20(18)19)17-4-7(3-15-17)10(11,12)13/h2-4H,5H2,1H3,(H,18,19). The van der Waals surface area contributed by atoms with Gasteiger partial charge in [0, 0.05) is 12.4 Å². The second kappa shape index (κ2) is 5.29. The molecule has 0 radical (unpaired) electrons. The van der Waals surface area contributed by atoms with E-state index < -0.39 is 22.8 Å². The third kappa shape index (κ3) is 3.20. The van der Waals surface area contributed by atoms with Crippen LogP contribution in [0.15, 0.2) is 18.6 Å². The predicted molar refractivity (Wildman–Crippen MR) is 63.4 cm³/mol. The fourth-order valence-corrected chi connectivity index (χ4v) is 1.94. The molecule has 20 heavy (non-hydrogen) atoms. The van der Waals surface area contributed by atoms with Crippen LogP contribution in [0.3, 0.4) is 0 Å². The van der Waals surface area contributed by atoms with Crippen LogP contribution in [0, 0.1) is 6.92 Å². The highest BCUT2D eigenvalue weighted by atomic mass is 32.2. The van der Waals surface area contributed by atoms with Crippen LogP contribution in [0.4, 0.5) is 13.2 Å². The maximum atomic E-state index is 12.5. The van der Waals surface area contributed by atoms with E-state index in [0.29, 0.717) is 11.8 Å². The highest BCUT2D eigenvalue weighted by Gasteiger charge is 2.32. The monoisotopic (exact) mass is 306 g/mol. The number of hydrogen-bond acceptors (Lipinski definition) is 4. The summed E-state index contributed by atoms with van der Waals surface area (Å²) in [5, 5.41) is 3.54. The van der Waals surface area contributed by atoms with E-state index in [1.165, 1.54) is 6.20 Å². The van der Waals surface area contributed by atoms with Crippen LogP contribution < -0.4 is 0 Å². The van der Waals surface area contributed by atoms with E-state index in [1.54, 1.807) is 6.92 Å². The van der Waals surface area contributed by atoms with Crippen LogP contribution in [-0.4, -0.2) is 28.5 Å². The van der Waals surface area contributed by atoms with Crippen molar-refractivity contribution >= 4 is 11.1 Å². The Morgan fingerprint density at radius 3 is 2.65 bits per heavy atom. The Morgan fingerprint density at radius 2 is 2.10 bits per heavy atom. The van der Waals surface area contributed by atoms with Gasteiger partial charge < -0.3 is 4.55 Å². The second-order valence-corrected chi connectivity index (χ2v) is 4.87. The molecule has 6 nitrogen and oxygen atoms in total. The molecule has 0 saturated carbocycles. The smallest absolute Gasteiger partial charge is 0.306 e. The number of hydrogen-bond donors (Lipinski definition) is 1. The van der Waals surface area contributed by atoms with Gasteiger partial charge in [0.25, 0.3) is 5.95 Å². The van der Waals surface area contributed by atoms with E-state index >= 15 is 0 Å². The molecule has 0 aliphatic heterocycles. The maximum Gasteiger partial charge on any atom is 0.419 e. The molecular formula is C10H9F3N4O2S. The van der Waals surface area contributed by atoms with E-state index in [4.69, 9.17) is 4.55 Å². The van der Waals surface area contributed by atoms with Crippen molar-refractivity contribution in [3.8, 4) is 5.95 Å². The number of nitrogens with zero attached hydrogens (tertiary/aromatic N) is 4. The zero-order valence-electron chi connectivity index (χ0n) is 10.1. The highest BCUT2D eigenvalue weighted by molar-refractivity contribution is 7.78. The van der Waals surface area contributed by atoms with Gasteiger partial charge in [0.15, 0.2) is 11.1 Å². The minimum Gasteiger partial charge on any atom is -0.306 e. The van der Waals surface area contributed by atoms with Crippen LogP contribution in [0.5, 0.6) is 0 Å². The minimum atomic E-state index is -4.50. The number of alkyl halides is 3. The Kier molecular flexibility index (Phi) is 3.86. The SMILES string of the molecule is Cc1cnc(-n2cc(C(F)(F)F)cn2)nc1CS(=O)O. The average Bonchev–Trinajstić information content (AvgIpc) is 2.80. The summed E-state index contributed by atoms with van der Waals surface area (Å²) >= 11 is -2.10. The molecule has 0 bridgehead atoms. The van der Waals surface area contributed by atoms with Crippen LogP contribution in [0.2, 0.25) is 0 Å². The molecule has 2 heterocycles. The molecule has 0 aromatic carbocycles. The molecule has 2 aromatic heterocycles. The first-order valence-electron chi connectivity index (χ1n) is 5.29. The zero-order valence-corrected chi connectivity index (χ0v) is 10.9. The van der Waals surface area contributed by atoms with Crippen molar-refractivity contribution in [2.45, 2.75) is 18.9 Å². The molecule has 10 heteroatoms. The summed E-state index contributed by atoms with van der Waals surface area (Å²) < 4.78 is 57.9. The van der Waals surface area contributed by atoms with E-state index in [2.05, 4.69) is 15.1 Å². The highest BCUT2D eigenvalue weighted by Crippen LogP contribution is 2.28. The average molecular weight is 306 g/mol. The summed E-state index contributed by atoms with van der Waals surface area (Å²) in [6.45, 7) is 1.64. The molecule has 1 atom stereocenters. The van der Waals surface area contributed by atoms with Crippen molar-refractivity contribution in [2.24, 2.45) is 0 Å². The first-order chi connectivity index (χ1) is 9.27. The van der Waals surface area contributed by atoms with Gasteiger partial charge in [0.2, 0.25) is 0 Å². The largest absolute Gasteiger partial charge is 0.419 e. The fourth-order valence-electron chi connectivity index (χ4n) is 1.42. The summed E-state index contributed by atoms with van der Waals surface area (Å²) in [6.07, 6.45) is -1.73. The molecule has 0 aliphatic rings. The third-order valence-electron chi connectivity index (χ3n) is 2.44. The Balaban J connectivity index is 2.38. The number of aryl methyl sites for hydroxylation is 1. The zero-order chi connectivity index (χ0) is 14.9. The van der Waals surface area contributed by atoms with Crippen LogP contribution in [0.1, 0.15) is 16.8 Å². The van der Waals surface area contributed by atoms with Crippen LogP contribution in [0.25, 0.3) is 5.95 Å². The Morgan fingerprint density at radius 1 is 1.40 bits per heavy atom. The molecule has 1 unspecified atom stereocenters.